The quantitative estimate of drug-likeness (QED) is 0.597. The van der Waals surface area contributed by atoms with E-state index in [2.05, 4.69) is 0 Å². The molecule has 4 rings (SSSR count). The van der Waals surface area contributed by atoms with Crippen LogP contribution in [0.3, 0.4) is 0 Å². The highest BCUT2D eigenvalue weighted by Gasteiger charge is 2.24. The second-order valence-corrected chi connectivity index (χ2v) is 5.14. The first-order valence-corrected chi connectivity index (χ1v) is 6.75. The van der Waals surface area contributed by atoms with Crippen molar-refractivity contribution in [1.29, 1.82) is 0 Å². The summed E-state index contributed by atoms with van der Waals surface area (Å²) in [6, 6.07) is 13.5. The molecule has 0 fully saturated rings. The number of aromatic hydroxyl groups is 1. The second-order valence-electron chi connectivity index (χ2n) is 5.14. The third-order valence-corrected chi connectivity index (χ3v) is 4.09. The molecule has 1 aliphatic carbocycles. The van der Waals surface area contributed by atoms with Crippen molar-refractivity contribution < 1.29 is 14.6 Å². The lowest BCUT2D eigenvalue weighted by atomic mass is 10.0. The Labute approximate surface area is 122 Å². The van der Waals surface area contributed by atoms with E-state index in [9.17, 15) is 5.11 Å². The Kier molecular flexibility index (Phi) is 2.39. The van der Waals surface area contributed by atoms with Gasteiger partial charge in [-0.05, 0) is 52.6 Å². The largest absolute Gasteiger partial charge is 0.508 e. The third-order valence-electron chi connectivity index (χ3n) is 4.09. The van der Waals surface area contributed by atoms with E-state index < -0.39 is 0 Å². The van der Waals surface area contributed by atoms with Crippen LogP contribution in [0.5, 0.6) is 17.2 Å². The molecule has 1 N–H and O–H groups in total. The smallest absolute Gasteiger partial charge is 0.126 e. The molecule has 0 atom stereocenters. The van der Waals surface area contributed by atoms with E-state index in [4.69, 9.17) is 9.47 Å². The molecular weight excluding hydrogens is 264 g/mol. The van der Waals surface area contributed by atoms with E-state index in [1.165, 1.54) is 0 Å². The predicted octanol–water partition coefficient (Wildman–Crippen LogP) is 4.21. The average Bonchev–Trinajstić information content (AvgIpc) is 2.82. The highest BCUT2D eigenvalue weighted by atomic mass is 16.5. The van der Waals surface area contributed by atoms with Crippen LogP contribution in [-0.4, -0.2) is 19.3 Å². The monoisotopic (exact) mass is 278 g/mol. The molecule has 3 heteroatoms. The first kappa shape index (κ1) is 12.1. The SMILES string of the molecule is COc1cc2c3c(ccc(OC)c3c1)-c1cc(O)ccc1-2. The lowest BCUT2D eigenvalue weighted by Crippen LogP contribution is -1.88. The van der Waals surface area contributed by atoms with Gasteiger partial charge in [0.25, 0.3) is 0 Å². The maximum Gasteiger partial charge on any atom is 0.126 e. The number of hydrogen-bond donors (Lipinski definition) is 1. The van der Waals surface area contributed by atoms with Crippen LogP contribution in [-0.2, 0) is 0 Å². The molecule has 0 heterocycles. The van der Waals surface area contributed by atoms with E-state index in [0.29, 0.717) is 0 Å². The van der Waals surface area contributed by atoms with Gasteiger partial charge in [-0.1, -0.05) is 12.1 Å². The topological polar surface area (TPSA) is 38.7 Å². The zero-order chi connectivity index (χ0) is 14.6. The second kappa shape index (κ2) is 4.16. The predicted molar refractivity (Wildman–Crippen MR) is 83.1 cm³/mol. The van der Waals surface area contributed by atoms with Crippen LogP contribution in [0.1, 0.15) is 0 Å². The molecule has 0 bridgehead atoms. The van der Waals surface area contributed by atoms with Gasteiger partial charge in [0.2, 0.25) is 0 Å². The van der Waals surface area contributed by atoms with E-state index in [-0.39, 0.29) is 5.75 Å². The van der Waals surface area contributed by atoms with Crippen LogP contribution < -0.4 is 9.47 Å². The summed E-state index contributed by atoms with van der Waals surface area (Å²) < 4.78 is 10.9. The van der Waals surface area contributed by atoms with Gasteiger partial charge in [0.15, 0.2) is 0 Å². The highest BCUT2D eigenvalue weighted by Crippen LogP contribution is 2.51. The number of phenolic OH excluding ortho intramolecular Hbond substituents is 1. The van der Waals surface area contributed by atoms with Gasteiger partial charge in [0.1, 0.15) is 17.2 Å². The fraction of sp³-hybridized carbons (Fsp3) is 0.111. The molecule has 21 heavy (non-hydrogen) atoms. The Morgan fingerprint density at radius 3 is 2.33 bits per heavy atom. The Hall–Kier alpha value is -2.68. The van der Waals surface area contributed by atoms with Gasteiger partial charge in [-0.15, -0.1) is 0 Å². The first-order chi connectivity index (χ1) is 10.2. The van der Waals surface area contributed by atoms with Crippen LogP contribution in [0.15, 0.2) is 42.5 Å². The lowest BCUT2D eigenvalue weighted by molar-refractivity contribution is 0.412. The fourth-order valence-corrected chi connectivity index (χ4v) is 3.15. The van der Waals surface area contributed by atoms with Gasteiger partial charge in [0, 0.05) is 10.8 Å². The molecule has 3 aromatic rings. The van der Waals surface area contributed by atoms with Crippen LogP contribution in [0.25, 0.3) is 33.0 Å². The van der Waals surface area contributed by atoms with Crippen molar-refractivity contribution in [3.63, 3.8) is 0 Å². The molecule has 0 spiro atoms. The van der Waals surface area contributed by atoms with Gasteiger partial charge in [0.05, 0.1) is 14.2 Å². The Bertz CT molecular complexity index is 881. The molecular formula is C18H14O3. The number of fused-ring (bicyclic) bond motifs is 3. The number of ether oxygens (including phenoxy) is 2. The summed E-state index contributed by atoms with van der Waals surface area (Å²) >= 11 is 0. The minimum absolute atomic E-state index is 0.275. The summed E-state index contributed by atoms with van der Waals surface area (Å²) in [5.41, 5.74) is 4.40. The van der Waals surface area contributed by atoms with E-state index in [0.717, 1.165) is 44.5 Å². The third kappa shape index (κ3) is 1.54. The van der Waals surface area contributed by atoms with Gasteiger partial charge in [-0.3, -0.25) is 0 Å². The summed E-state index contributed by atoms with van der Waals surface area (Å²) in [6.07, 6.45) is 0. The molecule has 0 saturated heterocycles. The van der Waals surface area contributed by atoms with E-state index in [1.807, 2.05) is 36.4 Å². The normalized spacial score (nSPS) is 11.5. The summed E-state index contributed by atoms with van der Waals surface area (Å²) in [5, 5.41) is 12.0. The molecule has 0 radical (unpaired) electrons. The zero-order valence-corrected chi connectivity index (χ0v) is 11.8. The van der Waals surface area contributed by atoms with Crippen LogP contribution >= 0.6 is 0 Å². The highest BCUT2D eigenvalue weighted by molar-refractivity contribution is 6.17. The van der Waals surface area contributed by atoms with Crippen molar-refractivity contribution in [3.8, 4) is 39.5 Å². The van der Waals surface area contributed by atoms with Gasteiger partial charge < -0.3 is 14.6 Å². The van der Waals surface area contributed by atoms with E-state index in [1.54, 1.807) is 20.3 Å². The molecule has 104 valence electrons. The average molecular weight is 278 g/mol. The molecule has 0 aliphatic heterocycles. The molecule has 3 nitrogen and oxygen atoms in total. The minimum Gasteiger partial charge on any atom is -0.508 e. The Balaban J connectivity index is 2.18. The van der Waals surface area contributed by atoms with Crippen molar-refractivity contribution >= 4 is 10.8 Å². The Morgan fingerprint density at radius 1 is 0.762 bits per heavy atom. The fourth-order valence-electron chi connectivity index (χ4n) is 3.15. The Morgan fingerprint density at radius 2 is 1.57 bits per heavy atom. The molecule has 1 aliphatic rings. The molecule has 0 saturated carbocycles. The van der Waals surface area contributed by atoms with Gasteiger partial charge in [-0.25, -0.2) is 0 Å². The van der Waals surface area contributed by atoms with Gasteiger partial charge >= 0.3 is 0 Å². The summed E-state index contributed by atoms with van der Waals surface area (Å²) in [6.45, 7) is 0. The van der Waals surface area contributed by atoms with Crippen molar-refractivity contribution in [2.45, 2.75) is 0 Å². The van der Waals surface area contributed by atoms with E-state index >= 15 is 0 Å². The molecule has 0 amide bonds. The lowest BCUT2D eigenvalue weighted by Gasteiger charge is -2.10. The maximum atomic E-state index is 9.78. The van der Waals surface area contributed by atoms with Crippen LogP contribution in [0.2, 0.25) is 0 Å². The van der Waals surface area contributed by atoms with Crippen LogP contribution in [0, 0.1) is 0 Å². The molecule has 0 unspecified atom stereocenters. The minimum atomic E-state index is 0.275. The summed E-state index contributed by atoms with van der Waals surface area (Å²) in [4.78, 5) is 0. The van der Waals surface area contributed by atoms with Crippen molar-refractivity contribution in [3.05, 3.63) is 42.5 Å². The molecule has 0 aromatic heterocycles. The zero-order valence-electron chi connectivity index (χ0n) is 11.8. The number of phenols is 1. The molecule has 3 aromatic carbocycles. The van der Waals surface area contributed by atoms with Crippen molar-refractivity contribution in [2.24, 2.45) is 0 Å². The van der Waals surface area contributed by atoms with Gasteiger partial charge in [-0.2, -0.15) is 0 Å². The maximum absolute atomic E-state index is 9.78. The summed E-state index contributed by atoms with van der Waals surface area (Å²) in [7, 11) is 3.33. The summed E-state index contributed by atoms with van der Waals surface area (Å²) in [5.74, 6) is 1.90. The number of hydrogen-bond acceptors (Lipinski definition) is 3. The number of rotatable bonds is 2. The first-order valence-electron chi connectivity index (χ1n) is 6.75. The number of benzene rings is 3. The van der Waals surface area contributed by atoms with Crippen molar-refractivity contribution in [2.75, 3.05) is 14.2 Å². The van der Waals surface area contributed by atoms with Crippen molar-refractivity contribution in [1.82, 2.24) is 0 Å². The standard InChI is InChI=1S/C18H14O3/c1-20-11-8-15-12-4-3-10(19)7-14(12)13-5-6-17(21-2)16(9-11)18(13)15/h3-9,19H,1-2H3. The van der Waals surface area contributed by atoms with Crippen LogP contribution in [0.4, 0.5) is 0 Å². The number of methoxy groups -OCH3 is 2.